The predicted molar refractivity (Wildman–Crippen MR) is 88.2 cm³/mol. The molecule has 0 radical (unpaired) electrons. The monoisotopic (exact) mass is 325 g/mol. The third-order valence-electron chi connectivity index (χ3n) is 3.15. The number of hydrogen-bond donors (Lipinski definition) is 1. The number of thioether (sulfide) groups is 1. The van der Waals surface area contributed by atoms with Crippen LogP contribution in [0.25, 0.3) is 0 Å². The van der Waals surface area contributed by atoms with Crippen LogP contribution in [-0.4, -0.2) is 59.0 Å². The summed E-state index contributed by atoms with van der Waals surface area (Å²) in [7, 11) is 0. The zero-order valence-corrected chi connectivity index (χ0v) is 14.3. The molecule has 2 heterocycles. The van der Waals surface area contributed by atoms with E-state index >= 15 is 0 Å². The first-order valence-corrected chi connectivity index (χ1v) is 8.42. The van der Waals surface area contributed by atoms with Crippen molar-refractivity contribution in [2.24, 2.45) is 0 Å². The third-order valence-corrected chi connectivity index (χ3v) is 3.70. The average molecular weight is 325 g/mol. The van der Waals surface area contributed by atoms with Gasteiger partial charge in [0.05, 0.1) is 0 Å². The van der Waals surface area contributed by atoms with Crippen LogP contribution in [0, 0.1) is 0 Å². The van der Waals surface area contributed by atoms with E-state index in [1.54, 1.807) is 11.0 Å². The van der Waals surface area contributed by atoms with E-state index in [2.05, 4.69) is 14.9 Å². The van der Waals surface area contributed by atoms with Gasteiger partial charge in [-0.2, -0.15) is 0 Å². The Morgan fingerprint density at radius 3 is 2.45 bits per heavy atom. The van der Waals surface area contributed by atoms with Crippen molar-refractivity contribution in [1.82, 2.24) is 14.9 Å². The quantitative estimate of drug-likeness (QED) is 0.656. The fraction of sp³-hybridized carbons (Fsp3) is 0.643. The number of carbonyl (C=O) groups is 1. The van der Waals surface area contributed by atoms with E-state index in [4.69, 9.17) is 10.5 Å². The van der Waals surface area contributed by atoms with E-state index in [1.807, 2.05) is 27.0 Å². The molecule has 1 fully saturated rings. The summed E-state index contributed by atoms with van der Waals surface area (Å²) in [6.07, 6.45) is 1.65. The van der Waals surface area contributed by atoms with Crippen LogP contribution in [-0.2, 0) is 4.74 Å². The van der Waals surface area contributed by atoms with E-state index in [0.29, 0.717) is 37.2 Å². The lowest BCUT2D eigenvalue weighted by atomic mass is 10.2. The number of nitrogens with zero attached hydrogens (tertiary/aromatic N) is 4. The molecule has 0 saturated carbocycles. The molecular weight excluding hydrogens is 302 g/mol. The van der Waals surface area contributed by atoms with Crippen LogP contribution in [0.4, 0.5) is 16.4 Å². The number of anilines is 2. The Labute approximate surface area is 135 Å². The Balaban J connectivity index is 1.97. The maximum absolute atomic E-state index is 12.0. The molecule has 0 spiro atoms. The number of nitrogen functional groups attached to an aromatic ring is 1. The SMILES string of the molecule is CSc1nc(N)cc(N2CCN(C(=O)OC(C)(C)C)CC2)n1. The summed E-state index contributed by atoms with van der Waals surface area (Å²) in [5.41, 5.74) is 5.34. The fourth-order valence-corrected chi connectivity index (χ4v) is 2.51. The van der Waals surface area contributed by atoms with Gasteiger partial charge in [0.1, 0.15) is 17.2 Å². The zero-order chi connectivity index (χ0) is 16.3. The largest absolute Gasteiger partial charge is 0.444 e. The smallest absolute Gasteiger partial charge is 0.410 e. The highest BCUT2D eigenvalue weighted by Crippen LogP contribution is 2.20. The second-order valence-corrected chi connectivity index (χ2v) is 6.87. The number of piperazine rings is 1. The van der Waals surface area contributed by atoms with E-state index < -0.39 is 5.60 Å². The van der Waals surface area contributed by atoms with Gasteiger partial charge in [-0.3, -0.25) is 0 Å². The van der Waals surface area contributed by atoms with Crippen molar-refractivity contribution in [2.45, 2.75) is 31.5 Å². The molecule has 2 rings (SSSR count). The van der Waals surface area contributed by atoms with Crippen molar-refractivity contribution in [3.8, 4) is 0 Å². The van der Waals surface area contributed by atoms with Crippen LogP contribution in [0.3, 0.4) is 0 Å². The topological polar surface area (TPSA) is 84.6 Å². The molecule has 1 aliphatic rings. The Morgan fingerprint density at radius 1 is 1.27 bits per heavy atom. The number of amides is 1. The Hall–Kier alpha value is -1.70. The lowest BCUT2D eigenvalue weighted by Crippen LogP contribution is -2.50. The molecule has 1 saturated heterocycles. The second kappa shape index (κ2) is 6.60. The second-order valence-electron chi connectivity index (χ2n) is 6.09. The summed E-state index contributed by atoms with van der Waals surface area (Å²) < 4.78 is 5.39. The minimum absolute atomic E-state index is 0.265. The average Bonchev–Trinajstić information content (AvgIpc) is 2.45. The number of ether oxygens (including phenoxy) is 1. The maximum atomic E-state index is 12.0. The van der Waals surface area contributed by atoms with Crippen molar-refractivity contribution in [3.05, 3.63) is 6.07 Å². The molecule has 2 N–H and O–H groups in total. The summed E-state index contributed by atoms with van der Waals surface area (Å²) in [5.74, 6) is 1.27. The summed E-state index contributed by atoms with van der Waals surface area (Å²) in [6.45, 7) is 8.21. The first-order valence-electron chi connectivity index (χ1n) is 7.20. The number of nitrogens with two attached hydrogens (primary N) is 1. The van der Waals surface area contributed by atoms with Gasteiger partial charge >= 0.3 is 6.09 Å². The summed E-state index contributed by atoms with van der Waals surface area (Å²) in [5, 5.41) is 0.657. The lowest BCUT2D eigenvalue weighted by Gasteiger charge is -2.36. The summed E-state index contributed by atoms with van der Waals surface area (Å²) >= 11 is 1.46. The maximum Gasteiger partial charge on any atom is 0.410 e. The molecule has 22 heavy (non-hydrogen) atoms. The third kappa shape index (κ3) is 4.40. The molecule has 0 aromatic carbocycles. The van der Waals surface area contributed by atoms with Crippen molar-refractivity contribution < 1.29 is 9.53 Å². The van der Waals surface area contributed by atoms with Crippen molar-refractivity contribution in [3.63, 3.8) is 0 Å². The molecule has 0 bridgehead atoms. The summed E-state index contributed by atoms with van der Waals surface area (Å²) in [6, 6.07) is 1.77. The van der Waals surface area contributed by atoms with Gasteiger partial charge in [0.25, 0.3) is 0 Å². The molecule has 8 heteroatoms. The van der Waals surface area contributed by atoms with E-state index in [1.165, 1.54) is 11.8 Å². The highest BCUT2D eigenvalue weighted by atomic mass is 32.2. The molecule has 1 aromatic heterocycles. The Morgan fingerprint density at radius 2 is 1.91 bits per heavy atom. The van der Waals surface area contributed by atoms with E-state index in [0.717, 1.165) is 5.82 Å². The molecular formula is C14H23N5O2S. The van der Waals surface area contributed by atoms with Crippen LogP contribution in [0.2, 0.25) is 0 Å². The molecule has 1 aliphatic heterocycles. The number of aromatic nitrogens is 2. The molecule has 1 amide bonds. The van der Waals surface area contributed by atoms with Crippen LogP contribution in [0.1, 0.15) is 20.8 Å². The van der Waals surface area contributed by atoms with Gasteiger partial charge in [-0.25, -0.2) is 14.8 Å². The van der Waals surface area contributed by atoms with E-state index in [-0.39, 0.29) is 6.09 Å². The van der Waals surface area contributed by atoms with E-state index in [9.17, 15) is 4.79 Å². The number of hydrogen-bond acceptors (Lipinski definition) is 7. The lowest BCUT2D eigenvalue weighted by molar-refractivity contribution is 0.0240. The Bertz CT molecular complexity index is 539. The zero-order valence-electron chi connectivity index (χ0n) is 13.5. The van der Waals surface area contributed by atoms with Crippen molar-refractivity contribution >= 4 is 29.5 Å². The molecule has 0 unspecified atom stereocenters. The van der Waals surface area contributed by atoms with Crippen molar-refractivity contribution in [2.75, 3.05) is 43.1 Å². The minimum Gasteiger partial charge on any atom is -0.444 e. The molecule has 0 aliphatic carbocycles. The number of rotatable bonds is 2. The predicted octanol–water partition coefficient (Wildman–Crippen LogP) is 1.84. The van der Waals surface area contributed by atoms with Gasteiger partial charge in [0.15, 0.2) is 5.16 Å². The number of carbonyl (C=O) groups excluding carboxylic acids is 1. The highest BCUT2D eigenvalue weighted by Gasteiger charge is 2.26. The molecule has 122 valence electrons. The highest BCUT2D eigenvalue weighted by molar-refractivity contribution is 7.98. The minimum atomic E-state index is -0.470. The van der Waals surface area contributed by atoms with Gasteiger partial charge in [-0.15, -0.1) is 0 Å². The van der Waals surface area contributed by atoms with Crippen LogP contribution >= 0.6 is 11.8 Å². The van der Waals surface area contributed by atoms with Gasteiger partial charge in [-0.1, -0.05) is 11.8 Å². The molecule has 7 nitrogen and oxygen atoms in total. The van der Waals surface area contributed by atoms with Crippen LogP contribution < -0.4 is 10.6 Å². The molecule has 1 aromatic rings. The normalized spacial score (nSPS) is 15.8. The van der Waals surface area contributed by atoms with Crippen LogP contribution in [0.15, 0.2) is 11.2 Å². The first kappa shape index (κ1) is 16.7. The Kier molecular flexibility index (Phi) is 5.00. The summed E-state index contributed by atoms with van der Waals surface area (Å²) in [4.78, 5) is 24.5. The van der Waals surface area contributed by atoms with Crippen molar-refractivity contribution in [1.29, 1.82) is 0 Å². The standard InChI is InChI=1S/C14H23N5O2S/c1-14(2,3)21-13(20)19-7-5-18(6-8-19)11-9-10(15)16-12(17-11)22-4/h9H,5-8H2,1-4H3,(H2,15,16,17). The first-order chi connectivity index (χ1) is 10.3. The van der Waals surface area contributed by atoms with Gasteiger partial charge in [0.2, 0.25) is 0 Å². The van der Waals surface area contributed by atoms with Gasteiger partial charge < -0.3 is 20.3 Å². The van der Waals surface area contributed by atoms with Gasteiger partial charge in [-0.05, 0) is 27.0 Å². The molecule has 0 atom stereocenters. The van der Waals surface area contributed by atoms with Crippen LogP contribution in [0.5, 0.6) is 0 Å². The van der Waals surface area contributed by atoms with Gasteiger partial charge in [0, 0.05) is 32.2 Å². The fourth-order valence-electron chi connectivity index (χ4n) is 2.13.